The van der Waals surface area contributed by atoms with Gasteiger partial charge in [0.2, 0.25) is 0 Å². The van der Waals surface area contributed by atoms with E-state index in [1.807, 2.05) is 0 Å². The van der Waals surface area contributed by atoms with Crippen LogP contribution < -0.4 is 0 Å². The van der Waals surface area contributed by atoms with Gasteiger partial charge in [-0.2, -0.15) is 0 Å². The standard InChI is InChI=1S/C24H46N2O4/c1-7-23(3,4)11-19-29-21(27)9-13-25-15-17-26(18-16-25)14-10-22(28)30-20-12-24(5,6)8-2/h7-20H2,1-6H3. The van der Waals surface area contributed by atoms with Crippen LogP contribution in [0.3, 0.4) is 0 Å². The van der Waals surface area contributed by atoms with Crippen LogP contribution in [0.1, 0.15) is 80.1 Å². The SMILES string of the molecule is CCC(C)(C)CCOC(=O)CCN1CCN(CCC(=O)OCCC(C)(C)CC)CC1. The van der Waals surface area contributed by atoms with Gasteiger partial charge in [0.05, 0.1) is 26.1 Å². The average molecular weight is 427 g/mol. The molecule has 0 radical (unpaired) electrons. The van der Waals surface area contributed by atoms with E-state index < -0.39 is 0 Å². The molecule has 6 nitrogen and oxygen atoms in total. The summed E-state index contributed by atoms with van der Waals surface area (Å²) in [6.07, 6.45) is 4.90. The van der Waals surface area contributed by atoms with E-state index in [9.17, 15) is 9.59 Å². The molecule has 0 saturated carbocycles. The third-order valence-electron chi connectivity index (χ3n) is 6.73. The first kappa shape index (κ1) is 26.9. The first-order valence-electron chi connectivity index (χ1n) is 11.8. The summed E-state index contributed by atoms with van der Waals surface area (Å²) in [6, 6.07) is 0. The van der Waals surface area contributed by atoms with Crippen LogP contribution >= 0.6 is 0 Å². The van der Waals surface area contributed by atoms with Crippen LogP contribution in [0.4, 0.5) is 0 Å². The molecule has 0 spiro atoms. The second-order valence-electron chi connectivity index (χ2n) is 10.2. The van der Waals surface area contributed by atoms with E-state index in [1.165, 1.54) is 0 Å². The van der Waals surface area contributed by atoms with E-state index in [-0.39, 0.29) is 22.8 Å². The lowest BCUT2D eigenvalue weighted by atomic mass is 9.87. The van der Waals surface area contributed by atoms with Crippen molar-refractivity contribution in [3.8, 4) is 0 Å². The summed E-state index contributed by atoms with van der Waals surface area (Å²) in [5.41, 5.74) is 0.463. The lowest BCUT2D eigenvalue weighted by Gasteiger charge is -2.34. The topological polar surface area (TPSA) is 59.1 Å². The zero-order valence-electron chi connectivity index (χ0n) is 20.4. The molecule has 0 atom stereocenters. The Labute approximate surface area is 184 Å². The molecule has 1 fully saturated rings. The number of esters is 2. The Hall–Kier alpha value is -1.14. The number of rotatable bonds is 14. The molecule has 0 unspecified atom stereocenters. The van der Waals surface area contributed by atoms with E-state index in [0.29, 0.717) is 26.1 Å². The number of carbonyl (C=O) groups excluding carboxylic acids is 2. The minimum absolute atomic E-state index is 0.0988. The van der Waals surface area contributed by atoms with Gasteiger partial charge in [-0.25, -0.2) is 0 Å². The number of hydrogen-bond acceptors (Lipinski definition) is 6. The van der Waals surface area contributed by atoms with Gasteiger partial charge in [-0.1, -0.05) is 54.4 Å². The fourth-order valence-electron chi connectivity index (χ4n) is 3.12. The predicted molar refractivity (Wildman–Crippen MR) is 121 cm³/mol. The van der Waals surface area contributed by atoms with Crippen LogP contribution in [-0.2, 0) is 19.1 Å². The highest BCUT2D eigenvalue weighted by molar-refractivity contribution is 5.69. The quantitative estimate of drug-likeness (QED) is 0.389. The van der Waals surface area contributed by atoms with Gasteiger partial charge < -0.3 is 19.3 Å². The Morgan fingerprint density at radius 3 is 1.33 bits per heavy atom. The number of carbonyl (C=O) groups is 2. The van der Waals surface area contributed by atoms with Crippen LogP contribution in [0.25, 0.3) is 0 Å². The zero-order valence-corrected chi connectivity index (χ0v) is 20.4. The minimum Gasteiger partial charge on any atom is -0.466 e. The zero-order chi connectivity index (χ0) is 22.6. The summed E-state index contributed by atoms with van der Waals surface area (Å²) in [6.45, 7) is 19.4. The Bertz CT molecular complexity index is 465. The van der Waals surface area contributed by atoms with Crippen molar-refractivity contribution < 1.29 is 19.1 Å². The van der Waals surface area contributed by atoms with E-state index in [2.05, 4.69) is 51.3 Å². The van der Waals surface area contributed by atoms with E-state index in [4.69, 9.17) is 9.47 Å². The third-order valence-corrected chi connectivity index (χ3v) is 6.73. The number of ether oxygens (including phenoxy) is 2. The summed E-state index contributed by atoms with van der Waals surface area (Å²) in [5.74, 6) is -0.198. The molecule has 0 aromatic carbocycles. The molecule has 1 aliphatic rings. The van der Waals surface area contributed by atoms with Gasteiger partial charge in [-0.15, -0.1) is 0 Å². The van der Waals surface area contributed by atoms with Gasteiger partial charge in [0, 0.05) is 39.3 Å². The Morgan fingerprint density at radius 2 is 1.03 bits per heavy atom. The van der Waals surface area contributed by atoms with Crippen molar-refractivity contribution in [3.05, 3.63) is 0 Å². The minimum atomic E-state index is -0.0988. The maximum atomic E-state index is 12.0. The largest absolute Gasteiger partial charge is 0.466 e. The molecular weight excluding hydrogens is 380 g/mol. The van der Waals surface area contributed by atoms with Gasteiger partial charge in [0.1, 0.15) is 0 Å². The normalized spacial score (nSPS) is 16.5. The monoisotopic (exact) mass is 426 g/mol. The molecule has 0 N–H and O–H groups in total. The van der Waals surface area contributed by atoms with Crippen molar-refractivity contribution in [1.82, 2.24) is 9.80 Å². The molecule has 1 aliphatic heterocycles. The summed E-state index contributed by atoms with van der Waals surface area (Å²) >= 11 is 0. The van der Waals surface area contributed by atoms with Crippen LogP contribution in [-0.4, -0.2) is 74.2 Å². The van der Waals surface area contributed by atoms with Crippen molar-refractivity contribution in [2.75, 3.05) is 52.5 Å². The summed E-state index contributed by atoms with van der Waals surface area (Å²) < 4.78 is 10.8. The van der Waals surface area contributed by atoms with Crippen LogP contribution in [0.2, 0.25) is 0 Å². The van der Waals surface area contributed by atoms with Crippen LogP contribution in [0, 0.1) is 10.8 Å². The lowest BCUT2D eigenvalue weighted by Crippen LogP contribution is -2.47. The highest BCUT2D eigenvalue weighted by Crippen LogP contribution is 2.24. The lowest BCUT2D eigenvalue weighted by molar-refractivity contribution is -0.146. The average Bonchev–Trinajstić information content (AvgIpc) is 2.71. The predicted octanol–water partition coefficient (Wildman–Crippen LogP) is 4.12. The van der Waals surface area contributed by atoms with Crippen molar-refractivity contribution in [3.63, 3.8) is 0 Å². The second kappa shape index (κ2) is 13.3. The smallest absolute Gasteiger partial charge is 0.307 e. The molecule has 0 amide bonds. The highest BCUT2D eigenvalue weighted by atomic mass is 16.5. The van der Waals surface area contributed by atoms with E-state index in [0.717, 1.165) is 65.0 Å². The van der Waals surface area contributed by atoms with Crippen molar-refractivity contribution in [2.45, 2.75) is 80.1 Å². The van der Waals surface area contributed by atoms with Crippen LogP contribution in [0.5, 0.6) is 0 Å². The molecule has 0 bridgehead atoms. The fraction of sp³-hybridized carbons (Fsp3) is 0.917. The summed E-state index contributed by atoms with van der Waals surface area (Å²) in [5, 5.41) is 0. The van der Waals surface area contributed by atoms with Gasteiger partial charge >= 0.3 is 11.9 Å². The Balaban J connectivity index is 2.10. The summed E-state index contributed by atoms with van der Waals surface area (Å²) in [4.78, 5) is 28.5. The highest BCUT2D eigenvalue weighted by Gasteiger charge is 2.20. The molecule has 30 heavy (non-hydrogen) atoms. The number of nitrogens with zero attached hydrogens (tertiary/aromatic N) is 2. The van der Waals surface area contributed by atoms with Gasteiger partial charge in [-0.3, -0.25) is 9.59 Å². The maximum Gasteiger partial charge on any atom is 0.307 e. The Kier molecular flexibility index (Phi) is 11.9. The first-order chi connectivity index (χ1) is 14.1. The molecule has 6 heteroatoms. The van der Waals surface area contributed by atoms with E-state index in [1.54, 1.807) is 0 Å². The second-order valence-corrected chi connectivity index (χ2v) is 10.2. The van der Waals surface area contributed by atoms with Crippen molar-refractivity contribution in [2.24, 2.45) is 10.8 Å². The molecular formula is C24H46N2O4. The molecule has 1 saturated heterocycles. The maximum absolute atomic E-state index is 12.0. The Morgan fingerprint density at radius 1 is 0.700 bits per heavy atom. The molecule has 0 aliphatic carbocycles. The molecule has 1 heterocycles. The van der Waals surface area contributed by atoms with E-state index >= 15 is 0 Å². The first-order valence-corrected chi connectivity index (χ1v) is 11.8. The van der Waals surface area contributed by atoms with Crippen molar-refractivity contribution in [1.29, 1.82) is 0 Å². The third kappa shape index (κ3) is 11.9. The molecule has 1 rings (SSSR count). The fourth-order valence-corrected chi connectivity index (χ4v) is 3.12. The number of hydrogen-bond donors (Lipinski definition) is 0. The molecule has 0 aromatic heterocycles. The molecule has 0 aromatic rings. The number of piperazine rings is 1. The van der Waals surface area contributed by atoms with Crippen molar-refractivity contribution >= 4 is 11.9 Å². The van der Waals surface area contributed by atoms with Gasteiger partial charge in [-0.05, 0) is 23.7 Å². The van der Waals surface area contributed by atoms with Crippen LogP contribution in [0.15, 0.2) is 0 Å². The summed E-state index contributed by atoms with van der Waals surface area (Å²) in [7, 11) is 0. The van der Waals surface area contributed by atoms with Gasteiger partial charge in [0.25, 0.3) is 0 Å². The molecule has 176 valence electrons. The van der Waals surface area contributed by atoms with Gasteiger partial charge in [0.15, 0.2) is 0 Å².